The van der Waals surface area contributed by atoms with E-state index in [-0.39, 0.29) is 29.3 Å². The number of hydrogen-bond donors (Lipinski definition) is 1. The average Bonchev–Trinajstić information content (AvgIpc) is 3.06. The van der Waals surface area contributed by atoms with Crippen LogP contribution in [0.1, 0.15) is 16.7 Å². The molecule has 242 valence electrons. The maximum atomic E-state index is 14.5. The number of anilines is 1. The van der Waals surface area contributed by atoms with Crippen molar-refractivity contribution in [3.8, 4) is 11.5 Å². The predicted octanol–water partition coefficient (Wildman–Crippen LogP) is 5.90. The van der Waals surface area contributed by atoms with Gasteiger partial charge in [0.15, 0.2) is 11.5 Å². The van der Waals surface area contributed by atoms with Crippen molar-refractivity contribution in [2.24, 2.45) is 0 Å². The van der Waals surface area contributed by atoms with Gasteiger partial charge in [-0.3, -0.25) is 13.9 Å². The Morgan fingerprint density at radius 2 is 1.48 bits per heavy atom. The molecule has 0 aromatic heterocycles. The highest BCUT2D eigenvalue weighted by atomic mass is 35.5. The Kier molecular flexibility index (Phi) is 11.6. The van der Waals surface area contributed by atoms with Crippen molar-refractivity contribution in [1.29, 1.82) is 0 Å². The fourth-order valence-electron chi connectivity index (χ4n) is 4.92. The van der Waals surface area contributed by atoms with Gasteiger partial charge < -0.3 is 19.7 Å². The molecule has 0 unspecified atom stereocenters. The van der Waals surface area contributed by atoms with Crippen molar-refractivity contribution in [2.45, 2.75) is 30.8 Å². The molecule has 0 aliphatic carbocycles. The van der Waals surface area contributed by atoms with Crippen LogP contribution in [-0.2, 0) is 32.6 Å². The third-order valence-electron chi connectivity index (χ3n) is 7.45. The summed E-state index contributed by atoms with van der Waals surface area (Å²) in [6.45, 7) is 1.03. The van der Waals surface area contributed by atoms with Gasteiger partial charge in [0.2, 0.25) is 11.8 Å². The molecule has 0 saturated carbocycles. The molecule has 0 aliphatic heterocycles. The number of nitrogens with zero attached hydrogens (tertiary/aromatic N) is 2. The molecule has 0 saturated heterocycles. The SMILES string of the molecule is CNC(=O)[C@H](Cc1ccccc1)N(Cc1c(Cl)cccc1Cl)C(=O)CN(c1ccc(OC)c(OC)c1)S(=O)(=O)c1ccc(C)cc1. The molecule has 0 bridgehead atoms. The lowest BCUT2D eigenvalue weighted by molar-refractivity contribution is -0.139. The van der Waals surface area contributed by atoms with Crippen molar-refractivity contribution in [2.75, 3.05) is 32.1 Å². The van der Waals surface area contributed by atoms with E-state index in [1.165, 1.54) is 50.4 Å². The number of benzene rings is 4. The van der Waals surface area contributed by atoms with Gasteiger partial charge in [-0.1, -0.05) is 77.3 Å². The molecule has 4 aromatic rings. The molecular formula is C34H35Cl2N3O6S. The van der Waals surface area contributed by atoms with Crippen molar-refractivity contribution in [1.82, 2.24) is 10.2 Å². The lowest BCUT2D eigenvalue weighted by Gasteiger charge is -2.34. The predicted molar refractivity (Wildman–Crippen MR) is 180 cm³/mol. The van der Waals surface area contributed by atoms with E-state index in [4.69, 9.17) is 32.7 Å². The molecule has 0 fully saturated rings. The monoisotopic (exact) mass is 683 g/mol. The number of nitrogens with one attached hydrogen (secondary N) is 1. The average molecular weight is 685 g/mol. The van der Waals surface area contributed by atoms with Gasteiger partial charge in [-0.15, -0.1) is 0 Å². The summed E-state index contributed by atoms with van der Waals surface area (Å²) >= 11 is 13.1. The maximum absolute atomic E-state index is 14.5. The Hall–Kier alpha value is -4.25. The standard InChI is InChI=1S/C34H35Cl2N3O6S/c1-23-13-16-26(17-14-23)46(42,43)39(25-15-18-31(44-3)32(20-25)45-4)22-33(40)38(21-27-28(35)11-8-12-29(27)36)30(34(41)37-2)19-24-9-6-5-7-10-24/h5-18,20,30H,19,21-22H2,1-4H3,(H,37,41)/t30-/m0/s1. The van der Waals surface area contributed by atoms with E-state index in [9.17, 15) is 18.0 Å². The second-order valence-corrected chi connectivity index (χ2v) is 13.1. The Balaban J connectivity index is 1.86. The van der Waals surface area contributed by atoms with Crippen LogP contribution in [-0.4, -0.2) is 59.0 Å². The van der Waals surface area contributed by atoms with Crippen LogP contribution in [0.3, 0.4) is 0 Å². The Morgan fingerprint density at radius 3 is 2.07 bits per heavy atom. The van der Waals surface area contributed by atoms with E-state index in [1.807, 2.05) is 37.3 Å². The Bertz CT molecular complexity index is 1770. The van der Waals surface area contributed by atoms with E-state index in [2.05, 4.69) is 5.32 Å². The van der Waals surface area contributed by atoms with Crippen LogP contribution in [0.4, 0.5) is 5.69 Å². The number of sulfonamides is 1. The van der Waals surface area contributed by atoms with Crippen LogP contribution in [0.5, 0.6) is 11.5 Å². The Labute approximate surface area is 279 Å². The first-order valence-electron chi connectivity index (χ1n) is 14.3. The zero-order chi connectivity index (χ0) is 33.4. The van der Waals surface area contributed by atoms with Crippen molar-refractivity contribution < 1.29 is 27.5 Å². The zero-order valence-electron chi connectivity index (χ0n) is 25.9. The molecule has 0 heterocycles. The van der Waals surface area contributed by atoms with Gasteiger partial charge in [-0.05, 0) is 48.9 Å². The number of carbonyl (C=O) groups excluding carboxylic acids is 2. The lowest BCUT2D eigenvalue weighted by atomic mass is 10.0. The van der Waals surface area contributed by atoms with Crippen molar-refractivity contribution in [3.63, 3.8) is 0 Å². The third-order valence-corrected chi connectivity index (χ3v) is 9.95. The van der Waals surface area contributed by atoms with Crippen LogP contribution in [0, 0.1) is 6.92 Å². The second kappa shape index (κ2) is 15.4. The van der Waals surface area contributed by atoms with Gasteiger partial charge in [0.1, 0.15) is 12.6 Å². The van der Waals surface area contributed by atoms with Crippen LogP contribution >= 0.6 is 23.2 Å². The second-order valence-electron chi connectivity index (χ2n) is 10.4. The molecular weight excluding hydrogens is 649 g/mol. The fraction of sp³-hybridized carbons (Fsp3) is 0.235. The maximum Gasteiger partial charge on any atom is 0.264 e. The minimum absolute atomic E-state index is 0.0199. The number of amides is 2. The number of methoxy groups -OCH3 is 2. The van der Waals surface area contributed by atoms with Gasteiger partial charge in [-0.25, -0.2) is 8.42 Å². The summed E-state index contributed by atoms with van der Waals surface area (Å²) in [6, 6.07) is 24.0. The summed E-state index contributed by atoms with van der Waals surface area (Å²) < 4.78 is 40.3. The van der Waals surface area contributed by atoms with Gasteiger partial charge in [-0.2, -0.15) is 0 Å². The van der Waals surface area contributed by atoms with Crippen LogP contribution in [0.2, 0.25) is 10.0 Å². The number of hydrogen-bond acceptors (Lipinski definition) is 6. The minimum atomic E-state index is -4.31. The summed E-state index contributed by atoms with van der Waals surface area (Å²) in [7, 11) is 0.0609. The van der Waals surface area contributed by atoms with Gasteiger partial charge in [0, 0.05) is 41.7 Å². The Morgan fingerprint density at radius 1 is 0.848 bits per heavy atom. The van der Waals surface area contributed by atoms with E-state index in [0.29, 0.717) is 21.4 Å². The van der Waals surface area contributed by atoms with Crippen LogP contribution in [0.15, 0.2) is 95.9 Å². The molecule has 9 nitrogen and oxygen atoms in total. The summed E-state index contributed by atoms with van der Waals surface area (Å²) in [5, 5.41) is 3.24. The van der Waals surface area contributed by atoms with Crippen LogP contribution < -0.4 is 19.1 Å². The fourth-order valence-corrected chi connectivity index (χ4v) is 6.84. The highest BCUT2D eigenvalue weighted by Crippen LogP contribution is 2.34. The molecule has 12 heteroatoms. The largest absolute Gasteiger partial charge is 0.493 e. The first kappa shape index (κ1) is 34.6. The summed E-state index contributed by atoms with van der Waals surface area (Å²) in [5.41, 5.74) is 2.23. The van der Waals surface area contributed by atoms with Gasteiger partial charge in [0.05, 0.1) is 24.8 Å². The molecule has 0 spiro atoms. The molecule has 1 N–H and O–H groups in total. The smallest absolute Gasteiger partial charge is 0.264 e. The molecule has 46 heavy (non-hydrogen) atoms. The number of likely N-dealkylation sites (N-methyl/N-ethyl adjacent to an activating group) is 1. The first-order valence-corrected chi connectivity index (χ1v) is 16.5. The van der Waals surface area contributed by atoms with E-state index < -0.39 is 34.4 Å². The third kappa shape index (κ3) is 7.93. The quantitative estimate of drug-likeness (QED) is 0.188. The van der Waals surface area contributed by atoms with E-state index >= 15 is 0 Å². The number of ether oxygens (including phenoxy) is 2. The number of rotatable bonds is 13. The van der Waals surface area contributed by atoms with Crippen molar-refractivity contribution in [3.05, 3.63) is 118 Å². The molecule has 0 radical (unpaired) electrons. The van der Waals surface area contributed by atoms with Gasteiger partial charge in [0.25, 0.3) is 10.0 Å². The zero-order valence-corrected chi connectivity index (χ0v) is 28.2. The summed E-state index contributed by atoms with van der Waals surface area (Å²) in [6.07, 6.45) is 0.148. The first-order chi connectivity index (χ1) is 22.0. The topological polar surface area (TPSA) is 105 Å². The summed E-state index contributed by atoms with van der Waals surface area (Å²) in [5.74, 6) is -0.461. The van der Waals surface area contributed by atoms with Crippen molar-refractivity contribution >= 4 is 50.7 Å². The normalized spacial score (nSPS) is 11.8. The molecule has 0 aliphatic rings. The number of aryl methyl sites for hydroxylation is 1. The minimum Gasteiger partial charge on any atom is -0.493 e. The number of halogens is 2. The van der Waals surface area contributed by atoms with E-state index in [1.54, 1.807) is 36.4 Å². The summed E-state index contributed by atoms with van der Waals surface area (Å²) in [4.78, 5) is 29.3. The highest BCUT2D eigenvalue weighted by Gasteiger charge is 2.35. The van der Waals surface area contributed by atoms with Crippen LogP contribution in [0.25, 0.3) is 0 Å². The molecule has 2 amide bonds. The van der Waals surface area contributed by atoms with Gasteiger partial charge >= 0.3 is 0 Å². The molecule has 4 aromatic carbocycles. The number of carbonyl (C=O) groups is 2. The lowest BCUT2D eigenvalue weighted by Crippen LogP contribution is -2.53. The van der Waals surface area contributed by atoms with E-state index in [0.717, 1.165) is 15.4 Å². The highest BCUT2D eigenvalue weighted by molar-refractivity contribution is 7.92. The molecule has 4 rings (SSSR count). The molecule has 1 atom stereocenters.